The number of nitrogens with zero attached hydrogens (tertiary/aromatic N) is 3. The minimum Gasteiger partial charge on any atom is -0.461 e. The van der Waals surface area contributed by atoms with Crippen LogP contribution in [0.2, 0.25) is 0 Å². The Hall–Kier alpha value is -2.05. The van der Waals surface area contributed by atoms with Gasteiger partial charge < -0.3 is 14.4 Å². The van der Waals surface area contributed by atoms with Gasteiger partial charge in [0.2, 0.25) is 0 Å². The average molecular weight is 309 g/mol. The second-order valence-electron chi connectivity index (χ2n) is 5.26. The van der Waals surface area contributed by atoms with E-state index in [0.29, 0.717) is 38.4 Å². The summed E-state index contributed by atoms with van der Waals surface area (Å²) in [7, 11) is 1.72. The SMILES string of the molecule is CCCCOC(=O)N1CCc2nn(C)c(C(=O)OCC)c2C1. The number of aryl methyl sites for hydroxylation is 1. The predicted octanol–water partition coefficient (Wildman–Crippen LogP) is 1.89. The second-order valence-corrected chi connectivity index (χ2v) is 5.26. The summed E-state index contributed by atoms with van der Waals surface area (Å²) in [4.78, 5) is 25.7. The molecule has 1 amide bonds. The van der Waals surface area contributed by atoms with Crippen molar-refractivity contribution in [3.63, 3.8) is 0 Å². The van der Waals surface area contributed by atoms with Crippen LogP contribution in [0.4, 0.5) is 4.79 Å². The lowest BCUT2D eigenvalue weighted by Gasteiger charge is -2.26. The van der Waals surface area contributed by atoms with E-state index in [2.05, 4.69) is 5.10 Å². The van der Waals surface area contributed by atoms with Crippen molar-refractivity contribution >= 4 is 12.1 Å². The maximum Gasteiger partial charge on any atom is 0.410 e. The zero-order valence-corrected chi connectivity index (χ0v) is 13.4. The number of rotatable bonds is 5. The van der Waals surface area contributed by atoms with Gasteiger partial charge in [-0.15, -0.1) is 0 Å². The van der Waals surface area contributed by atoms with Crippen LogP contribution in [0.25, 0.3) is 0 Å². The van der Waals surface area contributed by atoms with Crippen molar-refractivity contribution in [1.82, 2.24) is 14.7 Å². The van der Waals surface area contributed by atoms with Crippen LogP contribution in [0.3, 0.4) is 0 Å². The summed E-state index contributed by atoms with van der Waals surface area (Å²) >= 11 is 0. The molecule has 1 aliphatic rings. The molecule has 2 rings (SSSR count). The highest BCUT2D eigenvalue weighted by molar-refractivity contribution is 5.89. The minimum atomic E-state index is -0.403. The average Bonchev–Trinajstić information content (AvgIpc) is 2.82. The van der Waals surface area contributed by atoms with Gasteiger partial charge in [-0.1, -0.05) is 13.3 Å². The third kappa shape index (κ3) is 3.40. The first-order valence-electron chi connectivity index (χ1n) is 7.72. The number of aromatic nitrogens is 2. The summed E-state index contributed by atoms with van der Waals surface area (Å²) < 4.78 is 11.8. The van der Waals surface area contributed by atoms with Gasteiger partial charge >= 0.3 is 12.1 Å². The maximum atomic E-state index is 12.1. The number of ether oxygens (including phenoxy) is 2. The normalized spacial score (nSPS) is 13.7. The van der Waals surface area contributed by atoms with Gasteiger partial charge in [0.1, 0.15) is 0 Å². The van der Waals surface area contributed by atoms with Gasteiger partial charge in [0, 0.05) is 25.6 Å². The van der Waals surface area contributed by atoms with E-state index in [1.54, 1.807) is 18.9 Å². The standard InChI is InChI=1S/C15H23N3O4/c1-4-6-9-22-15(20)18-8-7-12-11(10-18)13(17(3)16-12)14(19)21-5-2/h4-10H2,1-3H3. The van der Waals surface area contributed by atoms with Crippen molar-refractivity contribution < 1.29 is 19.1 Å². The number of unbranched alkanes of at least 4 members (excludes halogenated alkanes) is 1. The Kier molecular flexibility index (Phi) is 5.41. The highest BCUT2D eigenvalue weighted by atomic mass is 16.6. The zero-order valence-electron chi connectivity index (χ0n) is 13.4. The first-order valence-corrected chi connectivity index (χ1v) is 7.72. The largest absolute Gasteiger partial charge is 0.461 e. The third-order valence-electron chi connectivity index (χ3n) is 3.65. The van der Waals surface area contributed by atoms with Crippen LogP contribution in [-0.4, -0.2) is 46.5 Å². The van der Waals surface area contributed by atoms with E-state index in [1.807, 2.05) is 6.92 Å². The molecule has 22 heavy (non-hydrogen) atoms. The Morgan fingerprint density at radius 2 is 2.05 bits per heavy atom. The van der Waals surface area contributed by atoms with Crippen molar-refractivity contribution in [2.75, 3.05) is 19.8 Å². The number of esters is 1. The third-order valence-corrected chi connectivity index (χ3v) is 3.65. The Labute approximate surface area is 130 Å². The molecule has 0 N–H and O–H groups in total. The number of amides is 1. The van der Waals surface area contributed by atoms with Crippen LogP contribution >= 0.6 is 0 Å². The van der Waals surface area contributed by atoms with E-state index < -0.39 is 5.97 Å². The lowest BCUT2D eigenvalue weighted by atomic mass is 10.1. The lowest BCUT2D eigenvalue weighted by Crippen LogP contribution is -2.37. The molecule has 0 aromatic carbocycles. The van der Waals surface area contributed by atoms with Crippen LogP contribution in [0.15, 0.2) is 0 Å². The fraction of sp³-hybridized carbons (Fsp3) is 0.667. The molecule has 7 heteroatoms. The van der Waals surface area contributed by atoms with Crippen LogP contribution in [0, 0.1) is 0 Å². The molecule has 0 bridgehead atoms. The van der Waals surface area contributed by atoms with Gasteiger partial charge in [-0.3, -0.25) is 4.68 Å². The van der Waals surface area contributed by atoms with Crippen LogP contribution in [0.1, 0.15) is 48.4 Å². The molecule has 1 aromatic rings. The fourth-order valence-electron chi connectivity index (χ4n) is 2.51. The summed E-state index contributed by atoms with van der Waals surface area (Å²) in [6.07, 6.45) is 2.11. The van der Waals surface area contributed by atoms with E-state index in [1.165, 1.54) is 4.68 Å². The summed E-state index contributed by atoms with van der Waals surface area (Å²) in [5.74, 6) is -0.403. The van der Waals surface area contributed by atoms with E-state index in [0.717, 1.165) is 24.1 Å². The highest BCUT2D eigenvalue weighted by Crippen LogP contribution is 2.23. The molecule has 2 heterocycles. The summed E-state index contributed by atoms with van der Waals surface area (Å²) in [5.41, 5.74) is 2.03. The van der Waals surface area contributed by atoms with Crippen molar-refractivity contribution in [3.05, 3.63) is 17.0 Å². The molecule has 1 aliphatic heterocycles. The maximum absolute atomic E-state index is 12.1. The van der Waals surface area contributed by atoms with Crippen molar-refractivity contribution in [2.24, 2.45) is 7.05 Å². The van der Waals surface area contributed by atoms with Gasteiger partial charge in [0.05, 0.1) is 25.5 Å². The molecular weight excluding hydrogens is 286 g/mol. The Morgan fingerprint density at radius 1 is 1.27 bits per heavy atom. The summed E-state index contributed by atoms with van der Waals surface area (Å²) in [5, 5.41) is 4.36. The molecule has 0 radical (unpaired) electrons. The molecule has 0 saturated heterocycles. The molecule has 0 aliphatic carbocycles. The number of carbonyl (C=O) groups is 2. The molecule has 0 atom stereocenters. The van der Waals surface area contributed by atoms with Gasteiger partial charge in [0.25, 0.3) is 0 Å². The summed E-state index contributed by atoms with van der Waals surface area (Å²) in [6, 6.07) is 0. The van der Waals surface area contributed by atoms with Crippen molar-refractivity contribution in [3.8, 4) is 0 Å². The van der Waals surface area contributed by atoms with Crippen LogP contribution in [-0.2, 0) is 29.5 Å². The number of fused-ring (bicyclic) bond motifs is 1. The zero-order chi connectivity index (χ0) is 16.1. The van der Waals surface area contributed by atoms with Gasteiger partial charge in [0.15, 0.2) is 5.69 Å². The monoisotopic (exact) mass is 309 g/mol. The molecule has 122 valence electrons. The topological polar surface area (TPSA) is 73.7 Å². The first-order chi connectivity index (χ1) is 10.6. The number of hydrogen-bond donors (Lipinski definition) is 0. The predicted molar refractivity (Wildman–Crippen MR) is 79.5 cm³/mol. The van der Waals surface area contributed by atoms with E-state index in [-0.39, 0.29) is 6.09 Å². The molecule has 0 spiro atoms. The molecule has 7 nitrogen and oxygen atoms in total. The van der Waals surface area contributed by atoms with Crippen molar-refractivity contribution in [2.45, 2.75) is 39.7 Å². The first kappa shape index (κ1) is 16.3. The van der Waals surface area contributed by atoms with Gasteiger partial charge in [-0.25, -0.2) is 9.59 Å². The van der Waals surface area contributed by atoms with Gasteiger partial charge in [-0.05, 0) is 13.3 Å². The minimum absolute atomic E-state index is 0.307. The van der Waals surface area contributed by atoms with Crippen molar-refractivity contribution in [1.29, 1.82) is 0 Å². The van der Waals surface area contributed by atoms with E-state index >= 15 is 0 Å². The Balaban J connectivity index is 2.11. The van der Waals surface area contributed by atoms with Crippen LogP contribution in [0.5, 0.6) is 0 Å². The van der Waals surface area contributed by atoms with E-state index in [4.69, 9.17) is 9.47 Å². The lowest BCUT2D eigenvalue weighted by molar-refractivity contribution is 0.0509. The van der Waals surface area contributed by atoms with E-state index in [9.17, 15) is 9.59 Å². The molecule has 0 fully saturated rings. The van der Waals surface area contributed by atoms with Gasteiger partial charge in [-0.2, -0.15) is 5.10 Å². The molecule has 1 aromatic heterocycles. The smallest absolute Gasteiger partial charge is 0.410 e. The molecular formula is C15H23N3O4. The summed E-state index contributed by atoms with van der Waals surface area (Å²) in [6.45, 7) is 5.43. The fourth-order valence-corrected chi connectivity index (χ4v) is 2.51. The van der Waals surface area contributed by atoms with Crippen LogP contribution < -0.4 is 0 Å². The molecule has 0 unspecified atom stereocenters. The Morgan fingerprint density at radius 3 is 2.73 bits per heavy atom. The number of carbonyl (C=O) groups excluding carboxylic acids is 2. The highest BCUT2D eigenvalue weighted by Gasteiger charge is 2.30. The number of hydrogen-bond acceptors (Lipinski definition) is 5. The molecule has 0 saturated carbocycles. The quantitative estimate of drug-likeness (QED) is 0.613. The second kappa shape index (κ2) is 7.29. The Bertz CT molecular complexity index is 553.